The minimum absolute atomic E-state index is 0.00830. The summed E-state index contributed by atoms with van der Waals surface area (Å²) in [6.45, 7) is 5.08. The summed E-state index contributed by atoms with van der Waals surface area (Å²) >= 11 is 0. The molecule has 4 rings (SSSR count). The molecule has 0 bridgehead atoms. The van der Waals surface area contributed by atoms with Crippen LogP contribution in [0.25, 0.3) is 11.1 Å². The number of unbranched alkanes of at least 4 members (excludes halogenated alkanes) is 1. The molecule has 5 nitrogen and oxygen atoms in total. The van der Waals surface area contributed by atoms with Gasteiger partial charge in [0.1, 0.15) is 0 Å². The molecule has 200 valence electrons. The van der Waals surface area contributed by atoms with Gasteiger partial charge in [-0.05, 0) is 98.1 Å². The van der Waals surface area contributed by atoms with Gasteiger partial charge in [0.05, 0.1) is 0 Å². The Bertz CT molecular complexity index is 1200. The van der Waals surface area contributed by atoms with Gasteiger partial charge in [-0.15, -0.1) is 0 Å². The fourth-order valence-electron chi connectivity index (χ4n) is 5.39. The van der Waals surface area contributed by atoms with Crippen molar-refractivity contribution in [1.29, 1.82) is 0 Å². The predicted molar refractivity (Wildman–Crippen MR) is 156 cm³/mol. The van der Waals surface area contributed by atoms with E-state index in [0.29, 0.717) is 18.2 Å². The molecule has 1 aliphatic rings. The van der Waals surface area contributed by atoms with Crippen LogP contribution in [0.5, 0.6) is 0 Å². The molecule has 0 aliphatic heterocycles. The Morgan fingerprint density at radius 3 is 2.26 bits per heavy atom. The van der Waals surface area contributed by atoms with E-state index < -0.39 is 0 Å². The average molecular weight is 512 g/mol. The zero-order valence-corrected chi connectivity index (χ0v) is 23.1. The Balaban J connectivity index is 1.23. The Kier molecular flexibility index (Phi) is 9.72. The number of amides is 2. The highest BCUT2D eigenvalue weighted by Crippen LogP contribution is 2.26. The maximum Gasteiger partial charge on any atom is 0.253 e. The van der Waals surface area contributed by atoms with Gasteiger partial charge in [-0.1, -0.05) is 55.5 Å². The van der Waals surface area contributed by atoms with Gasteiger partial charge in [-0.2, -0.15) is 0 Å². The van der Waals surface area contributed by atoms with Crippen molar-refractivity contribution in [3.63, 3.8) is 0 Å². The fraction of sp³-hybridized carbons (Fsp3) is 0.394. The quantitative estimate of drug-likeness (QED) is 0.329. The molecule has 0 fully saturated rings. The van der Waals surface area contributed by atoms with Crippen LogP contribution >= 0.6 is 0 Å². The predicted octanol–water partition coefficient (Wildman–Crippen LogP) is 5.83. The first-order valence-corrected chi connectivity index (χ1v) is 14.0. The summed E-state index contributed by atoms with van der Waals surface area (Å²) < 4.78 is 0. The van der Waals surface area contributed by atoms with Gasteiger partial charge < -0.3 is 15.1 Å². The van der Waals surface area contributed by atoms with Gasteiger partial charge in [-0.25, -0.2) is 0 Å². The zero-order chi connectivity index (χ0) is 26.9. The van der Waals surface area contributed by atoms with E-state index in [1.807, 2.05) is 48.5 Å². The van der Waals surface area contributed by atoms with Crippen molar-refractivity contribution < 1.29 is 9.59 Å². The second-order valence-corrected chi connectivity index (χ2v) is 10.5. The standard InChI is InChI=1S/C33H41N3O2/c1-4-21-36(31-19-18-28-23-30(33(38)35(2)3)17-16-29(28)24-31)22-9-8-20-34-32(37)27-14-12-26(13-15-27)25-10-6-5-7-11-25/h5-7,10-17,23,31H,4,8-9,18-22,24H2,1-3H3,(H,34,37)/t31-/m1/s1. The Morgan fingerprint density at radius 1 is 0.842 bits per heavy atom. The van der Waals surface area contributed by atoms with E-state index in [0.717, 1.165) is 68.3 Å². The molecule has 0 saturated carbocycles. The van der Waals surface area contributed by atoms with Crippen molar-refractivity contribution in [1.82, 2.24) is 15.1 Å². The van der Waals surface area contributed by atoms with Crippen LogP contribution in [0.3, 0.4) is 0 Å². The summed E-state index contributed by atoms with van der Waals surface area (Å²) in [4.78, 5) is 29.2. The van der Waals surface area contributed by atoms with E-state index >= 15 is 0 Å². The third-order valence-corrected chi connectivity index (χ3v) is 7.50. The molecule has 5 heteroatoms. The summed E-state index contributed by atoms with van der Waals surface area (Å²) in [6.07, 6.45) is 6.35. The Labute approximate surface area is 227 Å². The van der Waals surface area contributed by atoms with Crippen molar-refractivity contribution in [2.75, 3.05) is 33.7 Å². The van der Waals surface area contributed by atoms with Gasteiger partial charge in [0.15, 0.2) is 0 Å². The maximum atomic E-state index is 12.6. The third-order valence-electron chi connectivity index (χ3n) is 7.50. The molecular formula is C33H41N3O2. The van der Waals surface area contributed by atoms with Crippen LogP contribution in [-0.2, 0) is 12.8 Å². The summed E-state index contributed by atoms with van der Waals surface area (Å²) in [5.41, 5.74) is 6.46. The first-order chi connectivity index (χ1) is 18.5. The van der Waals surface area contributed by atoms with Crippen molar-refractivity contribution in [2.45, 2.75) is 51.5 Å². The van der Waals surface area contributed by atoms with Crippen molar-refractivity contribution >= 4 is 11.8 Å². The van der Waals surface area contributed by atoms with Crippen LogP contribution in [0.15, 0.2) is 72.8 Å². The van der Waals surface area contributed by atoms with Crippen LogP contribution in [0.4, 0.5) is 0 Å². The SMILES string of the molecule is CCCN(CCCCNC(=O)c1ccc(-c2ccccc2)cc1)[C@@H]1CCc2cc(C(=O)N(C)C)ccc2C1. The second-order valence-electron chi connectivity index (χ2n) is 10.5. The van der Waals surface area contributed by atoms with E-state index in [1.165, 1.54) is 11.1 Å². The van der Waals surface area contributed by atoms with Gasteiger partial charge in [-0.3, -0.25) is 9.59 Å². The van der Waals surface area contributed by atoms with Gasteiger partial charge >= 0.3 is 0 Å². The van der Waals surface area contributed by atoms with Crippen molar-refractivity contribution in [2.24, 2.45) is 0 Å². The smallest absolute Gasteiger partial charge is 0.253 e. The monoisotopic (exact) mass is 511 g/mol. The largest absolute Gasteiger partial charge is 0.352 e. The molecule has 3 aromatic carbocycles. The van der Waals surface area contributed by atoms with Gasteiger partial charge in [0.25, 0.3) is 11.8 Å². The van der Waals surface area contributed by atoms with Crippen LogP contribution in [-0.4, -0.2) is 61.4 Å². The van der Waals surface area contributed by atoms with Gasteiger partial charge in [0.2, 0.25) is 0 Å². The van der Waals surface area contributed by atoms with Crippen LogP contribution < -0.4 is 5.32 Å². The highest BCUT2D eigenvalue weighted by Gasteiger charge is 2.24. The molecule has 0 unspecified atom stereocenters. The lowest BCUT2D eigenvalue weighted by molar-refractivity contribution is 0.0827. The van der Waals surface area contributed by atoms with E-state index in [4.69, 9.17) is 0 Å². The maximum absolute atomic E-state index is 12.6. The molecule has 0 saturated heterocycles. The van der Waals surface area contributed by atoms with E-state index in [-0.39, 0.29) is 11.8 Å². The number of nitrogens with one attached hydrogen (secondary N) is 1. The second kappa shape index (κ2) is 13.4. The number of carbonyl (C=O) groups excluding carboxylic acids is 2. The normalized spacial score (nSPS) is 14.7. The molecular weight excluding hydrogens is 470 g/mol. The molecule has 1 atom stereocenters. The molecule has 38 heavy (non-hydrogen) atoms. The third kappa shape index (κ3) is 7.11. The fourth-order valence-corrected chi connectivity index (χ4v) is 5.39. The summed E-state index contributed by atoms with van der Waals surface area (Å²) in [7, 11) is 3.60. The minimum atomic E-state index is -0.00830. The first kappa shape index (κ1) is 27.6. The number of hydrogen-bond acceptors (Lipinski definition) is 3. The van der Waals surface area contributed by atoms with E-state index in [2.05, 4.69) is 41.4 Å². The number of hydrogen-bond donors (Lipinski definition) is 1. The van der Waals surface area contributed by atoms with E-state index in [9.17, 15) is 9.59 Å². The Morgan fingerprint density at radius 2 is 1.55 bits per heavy atom. The highest BCUT2D eigenvalue weighted by molar-refractivity contribution is 5.95. The molecule has 0 spiro atoms. The first-order valence-electron chi connectivity index (χ1n) is 14.0. The van der Waals surface area contributed by atoms with Crippen molar-refractivity contribution in [3.05, 3.63) is 95.1 Å². The molecule has 2 amide bonds. The zero-order valence-electron chi connectivity index (χ0n) is 23.1. The number of benzene rings is 3. The van der Waals surface area contributed by atoms with Crippen LogP contribution in [0, 0.1) is 0 Å². The number of nitrogens with zero attached hydrogens (tertiary/aromatic N) is 2. The minimum Gasteiger partial charge on any atom is -0.352 e. The highest BCUT2D eigenvalue weighted by atomic mass is 16.2. The number of fused-ring (bicyclic) bond motifs is 1. The molecule has 0 heterocycles. The van der Waals surface area contributed by atoms with E-state index in [1.54, 1.807) is 19.0 Å². The van der Waals surface area contributed by atoms with Gasteiger partial charge in [0, 0.05) is 37.8 Å². The van der Waals surface area contributed by atoms with Crippen molar-refractivity contribution in [3.8, 4) is 11.1 Å². The van der Waals surface area contributed by atoms with Crippen LogP contribution in [0.2, 0.25) is 0 Å². The summed E-state index contributed by atoms with van der Waals surface area (Å²) in [6, 6.07) is 24.8. The average Bonchev–Trinajstić information content (AvgIpc) is 2.96. The molecule has 0 radical (unpaired) electrons. The molecule has 0 aromatic heterocycles. The lowest BCUT2D eigenvalue weighted by atomic mass is 9.86. The topological polar surface area (TPSA) is 52.7 Å². The number of rotatable bonds is 11. The molecule has 1 N–H and O–H groups in total. The summed E-state index contributed by atoms with van der Waals surface area (Å²) in [5.74, 6) is 0.0601. The Hall–Kier alpha value is -3.44. The number of carbonyl (C=O) groups is 2. The summed E-state index contributed by atoms with van der Waals surface area (Å²) in [5, 5.41) is 3.09. The molecule has 3 aromatic rings. The molecule has 1 aliphatic carbocycles. The lowest BCUT2D eigenvalue weighted by Gasteiger charge is -2.35. The number of aryl methyl sites for hydroxylation is 1. The van der Waals surface area contributed by atoms with Crippen LogP contribution in [0.1, 0.15) is 64.4 Å². The lowest BCUT2D eigenvalue weighted by Crippen LogP contribution is -2.40.